The molecule has 0 radical (unpaired) electrons. The van der Waals surface area contributed by atoms with Crippen LogP contribution in [-0.2, 0) is 0 Å². The molecule has 1 unspecified atom stereocenters. The fourth-order valence-electron chi connectivity index (χ4n) is 3.11. The van der Waals surface area contributed by atoms with Gasteiger partial charge >= 0.3 is 0 Å². The van der Waals surface area contributed by atoms with Crippen LogP contribution in [0.2, 0.25) is 0 Å². The number of hydrogen-bond donors (Lipinski definition) is 1. The van der Waals surface area contributed by atoms with Crippen molar-refractivity contribution in [2.24, 2.45) is 5.92 Å². The summed E-state index contributed by atoms with van der Waals surface area (Å²) in [7, 11) is 0. The Labute approximate surface area is 111 Å². The fourth-order valence-corrected chi connectivity index (χ4v) is 4.12. The maximum absolute atomic E-state index is 3.57. The van der Waals surface area contributed by atoms with Crippen LogP contribution >= 0.6 is 11.8 Å². The molecule has 0 aromatic carbocycles. The molecular formula is C14H28N2S. The van der Waals surface area contributed by atoms with Gasteiger partial charge in [0.1, 0.15) is 0 Å². The van der Waals surface area contributed by atoms with Crippen LogP contribution in [0.15, 0.2) is 0 Å². The molecule has 2 aliphatic rings. The van der Waals surface area contributed by atoms with Gasteiger partial charge in [-0.25, -0.2) is 0 Å². The number of hydrogen-bond acceptors (Lipinski definition) is 3. The summed E-state index contributed by atoms with van der Waals surface area (Å²) in [6.45, 7) is 8.67. The molecule has 1 atom stereocenters. The van der Waals surface area contributed by atoms with Crippen LogP contribution < -0.4 is 5.32 Å². The number of rotatable bonds is 7. The van der Waals surface area contributed by atoms with E-state index in [2.05, 4.69) is 35.2 Å². The highest BCUT2D eigenvalue weighted by atomic mass is 32.2. The van der Waals surface area contributed by atoms with E-state index in [1.165, 1.54) is 64.8 Å². The lowest BCUT2D eigenvalue weighted by Gasteiger charge is -2.43. The van der Waals surface area contributed by atoms with Gasteiger partial charge in [-0.05, 0) is 57.5 Å². The van der Waals surface area contributed by atoms with Crippen LogP contribution in [-0.4, -0.2) is 48.6 Å². The first kappa shape index (κ1) is 13.7. The highest BCUT2D eigenvalue weighted by Gasteiger charge is 2.39. The lowest BCUT2D eigenvalue weighted by atomic mass is 9.84. The third kappa shape index (κ3) is 3.62. The third-order valence-corrected chi connectivity index (χ3v) is 5.84. The van der Waals surface area contributed by atoms with Crippen molar-refractivity contribution in [3.05, 3.63) is 0 Å². The van der Waals surface area contributed by atoms with Crippen LogP contribution in [0.3, 0.4) is 0 Å². The summed E-state index contributed by atoms with van der Waals surface area (Å²) in [6.07, 6.45) is 9.31. The maximum atomic E-state index is 3.57. The van der Waals surface area contributed by atoms with Gasteiger partial charge in [0.2, 0.25) is 0 Å². The van der Waals surface area contributed by atoms with Crippen molar-refractivity contribution in [1.82, 2.24) is 10.2 Å². The molecule has 0 bridgehead atoms. The Morgan fingerprint density at radius 2 is 2.24 bits per heavy atom. The minimum absolute atomic E-state index is 0.631. The van der Waals surface area contributed by atoms with E-state index in [9.17, 15) is 0 Å². The van der Waals surface area contributed by atoms with Gasteiger partial charge in [-0.15, -0.1) is 0 Å². The molecule has 0 aromatic rings. The largest absolute Gasteiger partial charge is 0.316 e. The first-order valence-electron chi connectivity index (χ1n) is 7.26. The minimum atomic E-state index is 0.631. The van der Waals surface area contributed by atoms with Gasteiger partial charge in [-0.2, -0.15) is 11.8 Å². The molecule has 1 saturated heterocycles. The van der Waals surface area contributed by atoms with Gasteiger partial charge < -0.3 is 10.2 Å². The van der Waals surface area contributed by atoms with E-state index in [1.54, 1.807) is 0 Å². The van der Waals surface area contributed by atoms with E-state index in [-0.39, 0.29) is 0 Å². The summed E-state index contributed by atoms with van der Waals surface area (Å²) in [6, 6.07) is 0. The summed E-state index contributed by atoms with van der Waals surface area (Å²) >= 11 is 2.11. The van der Waals surface area contributed by atoms with Crippen LogP contribution in [0.4, 0.5) is 0 Å². The second-order valence-corrected chi connectivity index (χ2v) is 7.11. The Balaban J connectivity index is 1.67. The summed E-state index contributed by atoms with van der Waals surface area (Å²) in [5, 5.41) is 3.57. The summed E-state index contributed by atoms with van der Waals surface area (Å²) in [4.78, 5) is 2.72. The Kier molecular flexibility index (Phi) is 5.19. The average molecular weight is 256 g/mol. The molecule has 0 amide bonds. The lowest BCUT2D eigenvalue weighted by molar-refractivity contribution is 0.228. The minimum Gasteiger partial charge on any atom is -0.316 e. The van der Waals surface area contributed by atoms with Gasteiger partial charge in [-0.1, -0.05) is 13.3 Å². The number of thioether (sulfide) groups is 1. The molecule has 1 heterocycles. The van der Waals surface area contributed by atoms with Gasteiger partial charge in [0.25, 0.3) is 0 Å². The smallest absolute Gasteiger partial charge is 0.0284 e. The van der Waals surface area contributed by atoms with Gasteiger partial charge in [0, 0.05) is 17.8 Å². The number of nitrogens with one attached hydrogen (secondary N) is 1. The lowest BCUT2D eigenvalue weighted by Crippen LogP contribution is -2.44. The second-order valence-electron chi connectivity index (χ2n) is 5.83. The van der Waals surface area contributed by atoms with Crippen LogP contribution in [0.25, 0.3) is 0 Å². The quantitative estimate of drug-likeness (QED) is 0.705. The molecule has 1 saturated carbocycles. The zero-order valence-electron chi connectivity index (χ0n) is 11.5. The van der Waals surface area contributed by atoms with Crippen molar-refractivity contribution < 1.29 is 0 Å². The molecule has 1 N–H and O–H groups in total. The maximum Gasteiger partial charge on any atom is 0.0284 e. The molecule has 1 aliphatic heterocycles. The van der Waals surface area contributed by atoms with E-state index in [0.717, 1.165) is 5.92 Å². The Bertz CT molecular complexity index is 223. The third-order valence-electron chi connectivity index (χ3n) is 4.44. The van der Waals surface area contributed by atoms with E-state index < -0.39 is 0 Å². The van der Waals surface area contributed by atoms with Crippen molar-refractivity contribution in [3.63, 3.8) is 0 Å². The molecule has 0 spiro atoms. The van der Waals surface area contributed by atoms with E-state index in [0.29, 0.717) is 4.75 Å². The predicted octanol–water partition coefficient (Wildman–Crippen LogP) is 2.59. The van der Waals surface area contributed by atoms with Crippen molar-refractivity contribution in [3.8, 4) is 0 Å². The van der Waals surface area contributed by atoms with Crippen molar-refractivity contribution >= 4 is 11.8 Å². The topological polar surface area (TPSA) is 15.3 Å². The standard InChI is InChI=1S/C14H28N2S/c1-3-8-15-10-13-5-9-16(11-13)12-14(17-2)6-4-7-14/h13,15H,3-12H2,1-2H3. The van der Waals surface area contributed by atoms with Crippen LogP contribution in [0, 0.1) is 5.92 Å². The molecule has 3 heteroatoms. The molecule has 2 nitrogen and oxygen atoms in total. The fraction of sp³-hybridized carbons (Fsp3) is 1.00. The highest BCUT2D eigenvalue weighted by molar-refractivity contribution is 8.00. The summed E-state index contributed by atoms with van der Waals surface area (Å²) in [5.74, 6) is 0.903. The van der Waals surface area contributed by atoms with E-state index in [4.69, 9.17) is 0 Å². The monoisotopic (exact) mass is 256 g/mol. The first-order chi connectivity index (χ1) is 8.28. The molecule has 100 valence electrons. The Morgan fingerprint density at radius 3 is 2.82 bits per heavy atom. The predicted molar refractivity (Wildman–Crippen MR) is 77.8 cm³/mol. The Hall–Kier alpha value is 0.270. The van der Waals surface area contributed by atoms with E-state index in [1.807, 2.05) is 0 Å². The molecule has 17 heavy (non-hydrogen) atoms. The Morgan fingerprint density at radius 1 is 1.41 bits per heavy atom. The average Bonchev–Trinajstić information content (AvgIpc) is 2.72. The van der Waals surface area contributed by atoms with Crippen LogP contribution in [0.1, 0.15) is 39.0 Å². The summed E-state index contributed by atoms with van der Waals surface area (Å²) < 4.78 is 0.631. The second kappa shape index (κ2) is 6.44. The normalized spacial score (nSPS) is 28.2. The summed E-state index contributed by atoms with van der Waals surface area (Å²) in [5.41, 5.74) is 0. The molecule has 2 rings (SSSR count). The molecule has 1 aliphatic carbocycles. The van der Waals surface area contributed by atoms with Gasteiger partial charge in [-0.3, -0.25) is 0 Å². The van der Waals surface area contributed by atoms with Gasteiger partial charge in [0.15, 0.2) is 0 Å². The number of nitrogens with zero attached hydrogens (tertiary/aromatic N) is 1. The SMILES string of the molecule is CCCNCC1CCN(CC2(SC)CCC2)C1. The zero-order chi connectivity index (χ0) is 12.1. The van der Waals surface area contributed by atoms with Gasteiger partial charge in [0.05, 0.1) is 0 Å². The number of likely N-dealkylation sites (tertiary alicyclic amines) is 1. The van der Waals surface area contributed by atoms with Crippen molar-refractivity contribution in [2.45, 2.75) is 43.8 Å². The van der Waals surface area contributed by atoms with Crippen molar-refractivity contribution in [1.29, 1.82) is 0 Å². The molecule has 2 fully saturated rings. The zero-order valence-corrected chi connectivity index (χ0v) is 12.3. The van der Waals surface area contributed by atoms with E-state index >= 15 is 0 Å². The highest BCUT2D eigenvalue weighted by Crippen LogP contribution is 2.43. The molecular weight excluding hydrogens is 228 g/mol. The van der Waals surface area contributed by atoms with Crippen molar-refractivity contribution in [2.75, 3.05) is 39.0 Å². The van der Waals surface area contributed by atoms with Crippen LogP contribution in [0.5, 0.6) is 0 Å². The first-order valence-corrected chi connectivity index (χ1v) is 8.49. The molecule has 0 aromatic heterocycles.